The molecule has 1 amide bonds. The molecular formula is C18H22ClNO5. The number of fused-ring (bicyclic) bond motifs is 1. The molecule has 0 aromatic heterocycles. The van der Waals surface area contributed by atoms with Gasteiger partial charge in [0.2, 0.25) is 5.91 Å². The second kappa shape index (κ2) is 7.22. The summed E-state index contributed by atoms with van der Waals surface area (Å²) in [7, 11) is 0. The van der Waals surface area contributed by atoms with E-state index in [2.05, 4.69) is 0 Å². The maximum atomic E-state index is 12.8. The van der Waals surface area contributed by atoms with Crippen LogP contribution in [0.1, 0.15) is 18.9 Å². The van der Waals surface area contributed by atoms with Crippen molar-refractivity contribution in [1.29, 1.82) is 0 Å². The van der Waals surface area contributed by atoms with Crippen LogP contribution in [0.3, 0.4) is 0 Å². The highest BCUT2D eigenvalue weighted by Crippen LogP contribution is 2.42. The summed E-state index contributed by atoms with van der Waals surface area (Å²) in [5, 5.41) is 10.2. The van der Waals surface area contributed by atoms with E-state index in [1.165, 1.54) is 0 Å². The number of benzene rings is 1. The summed E-state index contributed by atoms with van der Waals surface area (Å²) in [6, 6.07) is 5.32. The molecule has 7 heteroatoms. The van der Waals surface area contributed by atoms with E-state index in [0.717, 1.165) is 5.56 Å². The first-order valence-corrected chi connectivity index (χ1v) is 8.85. The number of likely N-dealkylation sites (tertiary alicyclic amines) is 1. The molecule has 25 heavy (non-hydrogen) atoms. The van der Waals surface area contributed by atoms with E-state index < -0.39 is 11.4 Å². The lowest BCUT2D eigenvalue weighted by Gasteiger charge is -2.33. The van der Waals surface area contributed by atoms with Gasteiger partial charge in [-0.15, -0.1) is 0 Å². The summed E-state index contributed by atoms with van der Waals surface area (Å²) in [4.78, 5) is 26.3. The summed E-state index contributed by atoms with van der Waals surface area (Å²) in [6.45, 7) is 3.77. The van der Waals surface area contributed by atoms with Gasteiger partial charge < -0.3 is 19.5 Å². The van der Waals surface area contributed by atoms with Crippen LogP contribution in [0.5, 0.6) is 5.75 Å². The van der Waals surface area contributed by atoms with Gasteiger partial charge in [0.1, 0.15) is 5.75 Å². The summed E-state index contributed by atoms with van der Waals surface area (Å²) < 4.78 is 11.0. The largest absolute Gasteiger partial charge is 0.492 e. The SMILES string of the molecule is CCOc1c(Cl)cccc1CC(=O)N1C[C@H]2COCC[C@@]2(C(=O)O)C1. The molecule has 2 atom stereocenters. The normalized spacial score (nSPS) is 25.5. The standard InChI is InChI=1S/C18H22ClNO5/c1-2-25-16-12(4-3-5-14(16)19)8-15(21)20-9-13-10-24-7-6-18(13,11-20)17(22)23/h3-5,13H,2,6-11H2,1H3,(H,22,23)/t13-,18+/m0/s1. The zero-order valence-corrected chi connectivity index (χ0v) is 14.9. The van der Waals surface area contributed by atoms with E-state index >= 15 is 0 Å². The molecule has 1 aromatic rings. The average Bonchev–Trinajstić information content (AvgIpc) is 2.99. The number of nitrogens with zero attached hydrogens (tertiary/aromatic N) is 1. The van der Waals surface area contributed by atoms with Crippen molar-refractivity contribution in [1.82, 2.24) is 4.90 Å². The fraction of sp³-hybridized carbons (Fsp3) is 0.556. The van der Waals surface area contributed by atoms with Gasteiger partial charge in [-0.25, -0.2) is 0 Å². The van der Waals surface area contributed by atoms with E-state index in [-0.39, 0.29) is 24.8 Å². The first kappa shape index (κ1) is 18.0. The molecule has 1 N–H and O–H groups in total. The Balaban J connectivity index is 1.77. The van der Waals surface area contributed by atoms with E-state index in [1.54, 1.807) is 17.0 Å². The van der Waals surface area contributed by atoms with Gasteiger partial charge in [0.25, 0.3) is 0 Å². The topological polar surface area (TPSA) is 76.1 Å². The Morgan fingerprint density at radius 3 is 2.96 bits per heavy atom. The summed E-state index contributed by atoms with van der Waals surface area (Å²) in [5.41, 5.74) is -0.166. The molecule has 0 saturated carbocycles. The Hall–Kier alpha value is -1.79. The highest BCUT2D eigenvalue weighted by atomic mass is 35.5. The lowest BCUT2D eigenvalue weighted by atomic mass is 9.74. The van der Waals surface area contributed by atoms with Crippen LogP contribution in [0.2, 0.25) is 5.02 Å². The monoisotopic (exact) mass is 367 g/mol. The molecule has 2 saturated heterocycles. The number of aliphatic carboxylic acids is 1. The van der Waals surface area contributed by atoms with Crippen LogP contribution in [0.25, 0.3) is 0 Å². The molecule has 0 radical (unpaired) electrons. The average molecular weight is 368 g/mol. The summed E-state index contributed by atoms with van der Waals surface area (Å²) >= 11 is 6.17. The summed E-state index contributed by atoms with van der Waals surface area (Å²) in [6.07, 6.45) is 0.581. The molecule has 136 valence electrons. The Morgan fingerprint density at radius 2 is 2.28 bits per heavy atom. The number of carboxylic acid groups (broad SMARTS) is 1. The summed E-state index contributed by atoms with van der Waals surface area (Å²) in [5.74, 6) is -0.589. The van der Waals surface area contributed by atoms with Gasteiger partial charge in [0, 0.05) is 31.2 Å². The molecule has 1 aromatic carbocycles. The molecular weight excluding hydrogens is 346 g/mol. The lowest BCUT2D eigenvalue weighted by Crippen LogP contribution is -2.45. The third-order valence-electron chi connectivity index (χ3n) is 5.16. The molecule has 6 nitrogen and oxygen atoms in total. The van der Waals surface area contributed by atoms with Gasteiger partial charge in [-0.05, 0) is 19.4 Å². The first-order chi connectivity index (χ1) is 12.0. The van der Waals surface area contributed by atoms with Gasteiger partial charge in [-0.3, -0.25) is 9.59 Å². The maximum Gasteiger partial charge on any atom is 0.311 e. The number of carbonyl (C=O) groups is 2. The molecule has 2 heterocycles. The molecule has 2 fully saturated rings. The number of amides is 1. The van der Waals surface area contributed by atoms with Crippen molar-refractivity contribution in [3.63, 3.8) is 0 Å². The predicted octanol–water partition coefficient (Wildman–Crippen LogP) is 2.23. The van der Waals surface area contributed by atoms with E-state index in [4.69, 9.17) is 21.1 Å². The minimum absolute atomic E-state index is 0.113. The van der Waals surface area contributed by atoms with Gasteiger partial charge in [0.05, 0.1) is 30.1 Å². The molecule has 0 bridgehead atoms. The highest BCUT2D eigenvalue weighted by molar-refractivity contribution is 6.32. The number of carbonyl (C=O) groups excluding carboxylic acids is 1. The highest BCUT2D eigenvalue weighted by Gasteiger charge is 2.54. The molecule has 0 spiro atoms. The third kappa shape index (κ3) is 3.33. The van der Waals surface area contributed by atoms with Gasteiger partial charge in [0.15, 0.2) is 0 Å². The van der Waals surface area contributed by atoms with Crippen LogP contribution in [-0.4, -0.2) is 54.8 Å². The molecule has 2 aliphatic heterocycles. The Morgan fingerprint density at radius 1 is 1.48 bits per heavy atom. The molecule has 3 rings (SSSR count). The van der Waals surface area contributed by atoms with E-state index in [1.807, 2.05) is 13.0 Å². The predicted molar refractivity (Wildman–Crippen MR) is 91.9 cm³/mol. The number of hydrogen-bond acceptors (Lipinski definition) is 4. The van der Waals surface area contributed by atoms with Crippen LogP contribution in [0.15, 0.2) is 18.2 Å². The minimum Gasteiger partial charge on any atom is -0.492 e. The van der Waals surface area contributed by atoms with Crippen LogP contribution in [-0.2, 0) is 20.7 Å². The number of carboxylic acids is 1. The van der Waals surface area contributed by atoms with Gasteiger partial charge >= 0.3 is 5.97 Å². The van der Waals surface area contributed by atoms with Crippen LogP contribution < -0.4 is 4.74 Å². The third-order valence-corrected chi connectivity index (χ3v) is 5.46. The first-order valence-electron chi connectivity index (χ1n) is 8.47. The second-order valence-corrected chi connectivity index (χ2v) is 7.00. The van der Waals surface area contributed by atoms with E-state index in [0.29, 0.717) is 43.6 Å². The second-order valence-electron chi connectivity index (χ2n) is 6.60. The number of para-hydroxylation sites is 1. The molecule has 2 aliphatic rings. The lowest BCUT2D eigenvalue weighted by molar-refractivity contribution is -0.157. The fourth-order valence-corrected chi connectivity index (χ4v) is 4.01. The van der Waals surface area contributed by atoms with Crippen molar-refractivity contribution in [3.8, 4) is 5.75 Å². The van der Waals surface area contributed by atoms with Crippen LogP contribution >= 0.6 is 11.6 Å². The molecule has 0 unspecified atom stereocenters. The maximum absolute atomic E-state index is 12.8. The van der Waals surface area contributed by atoms with Gasteiger partial charge in [-0.1, -0.05) is 23.7 Å². The number of rotatable bonds is 5. The Kier molecular flexibility index (Phi) is 5.20. The van der Waals surface area contributed by atoms with Crippen LogP contribution in [0.4, 0.5) is 0 Å². The number of hydrogen-bond donors (Lipinski definition) is 1. The molecule has 0 aliphatic carbocycles. The van der Waals surface area contributed by atoms with E-state index in [9.17, 15) is 14.7 Å². The van der Waals surface area contributed by atoms with Crippen molar-refractivity contribution in [2.24, 2.45) is 11.3 Å². The minimum atomic E-state index is -0.884. The van der Waals surface area contributed by atoms with Crippen molar-refractivity contribution >= 4 is 23.5 Å². The van der Waals surface area contributed by atoms with Gasteiger partial charge in [-0.2, -0.15) is 0 Å². The van der Waals surface area contributed by atoms with Crippen molar-refractivity contribution in [2.75, 3.05) is 32.9 Å². The number of halogens is 1. The smallest absolute Gasteiger partial charge is 0.311 e. The van der Waals surface area contributed by atoms with Crippen molar-refractivity contribution in [2.45, 2.75) is 19.8 Å². The van der Waals surface area contributed by atoms with Crippen molar-refractivity contribution < 1.29 is 24.2 Å². The van der Waals surface area contributed by atoms with Crippen molar-refractivity contribution in [3.05, 3.63) is 28.8 Å². The zero-order valence-electron chi connectivity index (χ0n) is 14.2. The zero-order chi connectivity index (χ0) is 18.0. The Bertz CT molecular complexity index is 679. The number of ether oxygens (including phenoxy) is 2. The van der Waals surface area contributed by atoms with Crippen LogP contribution in [0, 0.1) is 11.3 Å². The quantitative estimate of drug-likeness (QED) is 0.863. The Labute approximate surface area is 151 Å². The fourth-order valence-electron chi connectivity index (χ4n) is 3.76.